The van der Waals surface area contributed by atoms with Gasteiger partial charge in [0.05, 0.1) is 0 Å². The zero-order valence-corrected chi connectivity index (χ0v) is 11.0. The van der Waals surface area contributed by atoms with Gasteiger partial charge in [-0.05, 0) is 18.8 Å². The molecule has 94 valence electrons. The lowest BCUT2D eigenvalue weighted by atomic mass is 9.86. The Morgan fingerprint density at radius 3 is 2.56 bits per heavy atom. The summed E-state index contributed by atoms with van der Waals surface area (Å²) in [7, 11) is 0. The monoisotopic (exact) mass is 297 g/mol. The van der Waals surface area contributed by atoms with Crippen molar-refractivity contribution >= 4 is 21.8 Å². The van der Waals surface area contributed by atoms with Crippen molar-refractivity contribution in [1.82, 2.24) is 5.32 Å². The first-order chi connectivity index (χ1) is 7.44. The van der Waals surface area contributed by atoms with Crippen molar-refractivity contribution in [2.75, 3.05) is 11.9 Å². The van der Waals surface area contributed by atoms with E-state index in [1.54, 1.807) is 0 Å². The molecular formula is C11H18BrF2NO. The van der Waals surface area contributed by atoms with E-state index < -0.39 is 5.92 Å². The summed E-state index contributed by atoms with van der Waals surface area (Å²) in [5.41, 5.74) is 0. The molecule has 5 heteroatoms. The normalized spacial score (nSPS) is 22.8. The number of nitrogens with one attached hydrogen (secondary N) is 1. The SMILES string of the molecule is CC(CBr)CNC(=O)C1CCC(F)(F)CC1. The highest BCUT2D eigenvalue weighted by molar-refractivity contribution is 9.09. The van der Waals surface area contributed by atoms with Crippen molar-refractivity contribution in [3.8, 4) is 0 Å². The smallest absolute Gasteiger partial charge is 0.248 e. The molecule has 1 fully saturated rings. The summed E-state index contributed by atoms with van der Waals surface area (Å²) in [4.78, 5) is 11.7. The number of amides is 1. The summed E-state index contributed by atoms with van der Waals surface area (Å²) in [6, 6.07) is 0. The first-order valence-electron chi connectivity index (χ1n) is 5.66. The first-order valence-corrected chi connectivity index (χ1v) is 6.78. The van der Waals surface area contributed by atoms with Gasteiger partial charge in [-0.1, -0.05) is 22.9 Å². The Kier molecular flexibility index (Phi) is 5.15. The van der Waals surface area contributed by atoms with Crippen LogP contribution in [0.3, 0.4) is 0 Å². The topological polar surface area (TPSA) is 29.1 Å². The van der Waals surface area contributed by atoms with Gasteiger partial charge >= 0.3 is 0 Å². The highest BCUT2D eigenvalue weighted by Gasteiger charge is 2.37. The third kappa shape index (κ3) is 4.36. The van der Waals surface area contributed by atoms with Crippen molar-refractivity contribution in [1.29, 1.82) is 0 Å². The van der Waals surface area contributed by atoms with Gasteiger partial charge < -0.3 is 5.32 Å². The van der Waals surface area contributed by atoms with E-state index in [2.05, 4.69) is 21.2 Å². The molecule has 16 heavy (non-hydrogen) atoms. The Morgan fingerprint density at radius 1 is 1.50 bits per heavy atom. The van der Waals surface area contributed by atoms with Gasteiger partial charge in [0.25, 0.3) is 0 Å². The molecule has 1 rings (SSSR count). The maximum absolute atomic E-state index is 12.9. The van der Waals surface area contributed by atoms with Crippen molar-refractivity contribution in [2.45, 2.75) is 38.5 Å². The van der Waals surface area contributed by atoms with Crippen LogP contribution in [0.1, 0.15) is 32.6 Å². The van der Waals surface area contributed by atoms with Crippen LogP contribution in [0.4, 0.5) is 8.78 Å². The number of halogens is 3. The molecule has 1 saturated carbocycles. The Hall–Kier alpha value is -0.190. The summed E-state index contributed by atoms with van der Waals surface area (Å²) in [6.45, 7) is 2.63. The summed E-state index contributed by atoms with van der Waals surface area (Å²) in [5.74, 6) is -2.47. The van der Waals surface area contributed by atoms with Crippen molar-refractivity contribution < 1.29 is 13.6 Å². The molecular weight excluding hydrogens is 280 g/mol. The van der Waals surface area contributed by atoms with Crippen molar-refractivity contribution in [3.05, 3.63) is 0 Å². The lowest BCUT2D eigenvalue weighted by molar-refractivity contribution is -0.129. The van der Waals surface area contributed by atoms with Crippen LogP contribution in [0.5, 0.6) is 0 Å². The average molecular weight is 298 g/mol. The second-order valence-electron chi connectivity index (χ2n) is 4.63. The molecule has 0 aromatic carbocycles. The molecule has 0 aromatic rings. The Balaban J connectivity index is 2.28. The summed E-state index contributed by atoms with van der Waals surface area (Å²) in [5, 5.41) is 3.65. The van der Waals surface area contributed by atoms with Crippen LogP contribution in [-0.2, 0) is 4.79 Å². The van der Waals surface area contributed by atoms with Gasteiger partial charge in [0.15, 0.2) is 0 Å². The second-order valence-corrected chi connectivity index (χ2v) is 5.28. The number of alkyl halides is 3. The molecule has 0 spiro atoms. The second kappa shape index (κ2) is 5.94. The van der Waals surface area contributed by atoms with Crippen LogP contribution in [0.15, 0.2) is 0 Å². The van der Waals surface area contributed by atoms with Gasteiger partial charge in [-0.25, -0.2) is 8.78 Å². The maximum atomic E-state index is 12.9. The van der Waals surface area contributed by atoms with Gasteiger partial charge in [0.1, 0.15) is 0 Å². The van der Waals surface area contributed by atoms with Crippen LogP contribution in [0.25, 0.3) is 0 Å². The maximum Gasteiger partial charge on any atom is 0.248 e. The highest BCUT2D eigenvalue weighted by atomic mass is 79.9. The zero-order chi connectivity index (χ0) is 12.2. The molecule has 1 N–H and O–H groups in total. The number of carbonyl (C=O) groups excluding carboxylic acids is 1. The van der Waals surface area contributed by atoms with E-state index in [0.717, 1.165) is 5.33 Å². The van der Waals surface area contributed by atoms with Gasteiger partial charge in [0, 0.05) is 30.6 Å². The minimum absolute atomic E-state index is 0.0664. The van der Waals surface area contributed by atoms with E-state index in [1.807, 2.05) is 6.92 Å². The molecule has 0 aliphatic heterocycles. The van der Waals surface area contributed by atoms with E-state index >= 15 is 0 Å². The summed E-state index contributed by atoms with van der Waals surface area (Å²) < 4.78 is 25.7. The van der Waals surface area contributed by atoms with Crippen LogP contribution >= 0.6 is 15.9 Å². The molecule has 1 unspecified atom stereocenters. The fourth-order valence-corrected chi connectivity index (χ4v) is 2.00. The predicted octanol–water partition coefficient (Wildman–Crippen LogP) is 2.96. The number of hydrogen-bond donors (Lipinski definition) is 1. The highest BCUT2D eigenvalue weighted by Crippen LogP contribution is 2.36. The third-order valence-corrected chi connectivity index (χ3v) is 4.08. The molecule has 0 bridgehead atoms. The van der Waals surface area contributed by atoms with E-state index in [0.29, 0.717) is 25.3 Å². The Morgan fingerprint density at radius 2 is 2.06 bits per heavy atom. The predicted molar refractivity (Wildman–Crippen MR) is 62.9 cm³/mol. The summed E-state index contributed by atoms with van der Waals surface area (Å²) >= 11 is 3.33. The molecule has 1 aliphatic carbocycles. The zero-order valence-electron chi connectivity index (χ0n) is 9.44. The molecule has 0 radical (unpaired) electrons. The van der Waals surface area contributed by atoms with Gasteiger partial charge in [-0.3, -0.25) is 4.79 Å². The summed E-state index contributed by atoms with van der Waals surface area (Å²) in [6.07, 6.45) is 0.307. The van der Waals surface area contributed by atoms with E-state index in [4.69, 9.17) is 0 Å². The fraction of sp³-hybridized carbons (Fsp3) is 0.909. The largest absolute Gasteiger partial charge is 0.356 e. The molecule has 1 aliphatic rings. The standard InChI is InChI=1S/C11H18BrF2NO/c1-8(6-12)7-15-10(16)9-2-4-11(13,14)5-3-9/h8-9H,2-7H2,1H3,(H,15,16). The molecule has 1 amide bonds. The Labute approximate surface area is 103 Å². The third-order valence-electron chi connectivity index (χ3n) is 2.98. The van der Waals surface area contributed by atoms with Crippen molar-refractivity contribution in [2.24, 2.45) is 11.8 Å². The van der Waals surface area contributed by atoms with Crippen LogP contribution in [0, 0.1) is 11.8 Å². The van der Waals surface area contributed by atoms with Crippen LogP contribution < -0.4 is 5.32 Å². The number of carbonyl (C=O) groups is 1. The lowest BCUT2D eigenvalue weighted by Crippen LogP contribution is -2.37. The molecule has 1 atom stereocenters. The molecule has 0 saturated heterocycles. The fourth-order valence-electron chi connectivity index (χ4n) is 1.78. The van der Waals surface area contributed by atoms with Crippen LogP contribution in [-0.4, -0.2) is 23.7 Å². The molecule has 0 aromatic heterocycles. The molecule has 2 nitrogen and oxygen atoms in total. The van der Waals surface area contributed by atoms with E-state index in [9.17, 15) is 13.6 Å². The lowest BCUT2D eigenvalue weighted by Gasteiger charge is -2.27. The first kappa shape index (κ1) is 13.9. The minimum atomic E-state index is -2.56. The average Bonchev–Trinajstić information content (AvgIpc) is 2.25. The van der Waals surface area contributed by atoms with E-state index in [-0.39, 0.29) is 24.7 Å². The van der Waals surface area contributed by atoms with Gasteiger partial charge in [-0.15, -0.1) is 0 Å². The van der Waals surface area contributed by atoms with Gasteiger partial charge in [0.2, 0.25) is 11.8 Å². The number of rotatable bonds is 4. The molecule has 0 heterocycles. The van der Waals surface area contributed by atoms with Crippen molar-refractivity contribution in [3.63, 3.8) is 0 Å². The van der Waals surface area contributed by atoms with E-state index in [1.165, 1.54) is 0 Å². The van der Waals surface area contributed by atoms with Crippen LogP contribution in [0.2, 0.25) is 0 Å². The quantitative estimate of drug-likeness (QED) is 0.794. The number of hydrogen-bond acceptors (Lipinski definition) is 1. The van der Waals surface area contributed by atoms with Gasteiger partial charge in [-0.2, -0.15) is 0 Å². The minimum Gasteiger partial charge on any atom is -0.356 e. The Bertz CT molecular complexity index is 238.